The number of aromatic hydroxyl groups is 1. The molecular formula is C20H21Cl2N3O2. The van der Waals surface area contributed by atoms with Crippen LogP contribution in [-0.2, 0) is 24.3 Å². The third kappa shape index (κ3) is 4.95. The van der Waals surface area contributed by atoms with Crippen molar-refractivity contribution in [1.29, 1.82) is 0 Å². The average Bonchev–Trinajstić information content (AvgIpc) is 2.96. The summed E-state index contributed by atoms with van der Waals surface area (Å²) in [6.45, 7) is 2.52. The van der Waals surface area contributed by atoms with Crippen LogP contribution in [0, 0.1) is 0 Å². The zero-order valence-electron chi connectivity index (χ0n) is 14.9. The van der Waals surface area contributed by atoms with Crippen molar-refractivity contribution in [3.8, 4) is 5.75 Å². The number of amides is 1. The average molecular weight is 406 g/mol. The number of benzene rings is 2. The molecule has 27 heavy (non-hydrogen) atoms. The van der Waals surface area contributed by atoms with E-state index in [1.807, 2.05) is 6.07 Å². The fourth-order valence-electron chi connectivity index (χ4n) is 3.24. The second-order valence-electron chi connectivity index (χ2n) is 6.58. The molecule has 1 aromatic heterocycles. The molecule has 1 aliphatic heterocycles. The molecule has 0 atom stereocenters. The van der Waals surface area contributed by atoms with E-state index in [1.165, 1.54) is 28.2 Å². The Morgan fingerprint density at radius 1 is 1.22 bits per heavy atom. The lowest BCUT2D eigenvalue weighted by Crippen LogP contribution is -2.26. The monoisotopic (exact) mass is 405 g/mol. The van der Waals surface area contributed by atoms with Gasteiger partial charge in [0.2, 0.25) is 6.41 Å². The minimum absolute atomic E-state index is 0.102. The van der Waals surface area contributed by atoms with Crippen LogP contribution >= 0.6 is 23.2 Å². The van der Waals surface area contributed by atoms with Gasteiger partial charge in [0.1, 0.15) is 5.75 Å². The predicted molar refractivity (Wildman–Crippen MR) is 109 cm³/mol. The Bertz CT molecular complexity index is 936. The molecule has 5 nitrogen and oxygen atoms in total. The van der Waals surface area contributed by atoms with Crippen LogP contribution in [0.15, 0.2) is 36.4 Å². The van der Waals surface area contributed by atoms with E-state index >= 15 is 0 Å². The van der Waals surface area contributed by atoms with Crippen LogP contribution in [0.3, 0.4) is 0 Å². The van der Waals surface area contributed by atoms with Crippen molar-refractivity contribution in [2.24, 2.45) is 0 Å². The number of fused-ring (bicyclic) bond motifs is 3. The Labute approximate surface area is 167 Å². The highest BCUT2D eigenvalue weighted by Gasteiger charge is 2.17. The fraction of sp³-hybridized carbons (Fsp3) is 0.250. The van der Waals surface area contributed by atoms with Gasteiger partial charge in [-0.3, -0.25) is 4.79 Å². The van der Waals surface area contributed by atoms with Gasteiger partial charge in [-0.2, -0.15) is 0 Å². The lowest BCUT2D eigenvalue weighted by molar-refractivity contribution is -0.109. The summed E-state index contributed by atoms with van der Waals surface area (Å²) >= 11 is 11.7. The first kappa shape index (κ1) is 19.5. The van der Waals surface area contributed by atoms with Gasteiger partial charge in [0.25, 0.3) is 0 Å². The highest BCUT2D eigenvalue weighted by molar-refractivity contribution is 6.31. The summed E-state index contributed by atoms with van der Waals surface area (Å²) < 4.78 is 0. The minimum Gasteiger partial charge on any atom is -0.508 e. The van der Waals surface area contributed by atoms with Crippen molar-refractivity contribution in [2.45, 2.75) is 19.5 Å². The second kappa shape index (κ2) is 8.65. The molecule has 0 spiro atoms. The smallest absolute Gasteiger partial charge is 0.207 e. The summed E-state index contributed by atoms with van der Waals surface area (Å²) in [4.78, 5) is 15.7. The Kier molecular flexibility index (Phi) is 6.26. The molecule has 7 heteroatoms. The summed E-state index contributed by atoms with van der Waals surface area (Å²) in [5.74, 6) is 0.102. The van der Waals surface area contributed by atoms with Crippen LogP contribution in [0.2, 0.25) is 10.0 Å². The molecule has 0 radical (unpaired) electrons. The maximum absolute atomic E-state index is 9.94. The van der Waals surface area contributed by atoms with Crippen LogP contribution in [0.5, 0.6) is 5.75 Å². The number of nitrogens with zero attached hydrogens (tertiary/aromatic N) is 1. The maximum Gasteiger partial charge on any atom is 0.207 e. The molecule has 3 N–H and O–H groups in total. The number of aromatic nitrogens is 1. The summed E-state index contributed by atoms with van der Waals surface area (Å²) in [6.07, 6.45) is 1.71. The standard InChI is InChI=1S/C12H13ClN2.C8H8ClNO2/c1-15-5-4-9-10-6-8(13)2-3-11(10)14-12(9)7-15;9-7-1-6(4-10-5-11)2-8(12)3-7/h2-3,6,14H,4-5,7H2,1H3;1-3,5,12H,4H2,(H,10,11). The van der Waals surface area contributed by atoms with Crippen LogP contribution < -0.4 is 5.32 Å². The van der Waals surface area contributed by atoms with Gasteiger partial charge in [-0.15, -0.1) is 0 Å². The van der Waals surface area contributed by atoms with Gasteiger partial charge in [-0.05, 0) is 61.0 Å². The van der Waals surface area contributed by atoms with Crippen molar-refractivity contribution >= 4 is 40.5 Å². The highest BCUT2D eigenvalue weighted by atomic mass is 35.5. The van der Waals surface area contributed by atoms with Crippen LogP contribution in [0.25, 0.3) is 10.9 Å². The Hall–Kier alpha value is -2.21. The van der Waals surface area contributed by atoms with E-state index in [2.05, 4.69) is 34.4 Å². The molecule has 1 amide bonds. The number of H-pyrrole nitrogens is 1. The number of phenols is 1. The first-order valence-electron chi connectivity index (χ1n) is 8.59. The molecule has 4 rings (SSSR count). The van der Waals surface area contributed by atoms with Crippen LogP contribution in [-0.4, -0.2) is 35.0 Å². The number of likely N-dealkylation sites (N-methyl/N-ethyl adjacent to an activating group) is 1. The van der Waals surface area contributed by atoms with Crippen LogP contribution in [0.1, 0.15) is 16.8 Å². The van der Waals surface area contributed by atoms with E-state index in [4.69, 9.17) is 28.3 Å². The maximum atomic E-state index is 9.94. The molecule has 2 aromatic carbocycles. The molecular weight excluding hydrogens is 385 g/mol. The van der Waals surface area contributed by atoms with Gasteiger partial charge in [-0.25, -0.2) is 0 Å². The molecule has 3 aromatic rings. The topological polar surface area (TPSA) is 68.4 Å². The second-order valence-corrected chi connectivity index (χ2v) is 7.45. The molecule has 0 fully saturated rings. The third-order valence-electron chi connectivity index (χ3n) is 4.46. The van der Waals surface area contributed by atoms with Crippen LogP contribution in [0.4, 0.5) is 0 Å². The number of hydrogen-bond acceptors (Lipinski definition) is 3. The molecule has 0 saturated carbocycles. The number of nitrogens with one attached hydrogen (secondary N) is 2. The molecule has 0 saturated heterocycles. The van der Waals surface area contributed by atoms with Gasteiger partial charge < -0.3 is 20.3 Å². The number of phenolic OH excluding ortho intramolecular Hbond substituents is 1. The zero-order valence-corrected chi connectivity index (χ0v) is 16.4. The Morgan fingerprint density at radius 2 is 2.04 bits per heavy atom. The van der Waals surface area contributed by atoms with Crippen molar-refractivity contribution in [3.63, 3.8) is 0 Å². The molecule has 142 valence electrons. The summed E-state index contributed by atoms with van der Waals surface area (Å²) in [5.41, 5.74) is 4.78. The molecule has 0 aliphatic carbocycles. The summed E-state index contributed by atoms with van der Waals surface area (Å²) in [5, 5.41) is 14.1. The first-order chi connectivity index (χ1) is 13.0. The number of hydrogen-bond donors (Lipinski definition) is 3. The molecule has 2 heterocycles. The quantitative estimate of drug-likeness (QED) is 0.574. The summed E-state index contributed by atoms with van der Waals surface area (Å²) in [6, 6.07) is 10.7. The largest absolute Gasteiger partial charge is 0.508 e. The Morgan fingerprint density at radius 3 is 2.78 bits per heavy atom. The number of carbonyl (C=O) groups is 1. The first-order valence-corrected chi connectivity index (χ1v) is 9.35. The normalized spacial score (nSPS) is 13.6. The van der Waals surface area contributed by atoms with Crippen molar-refractivity contribution < 1.29 is 9.90 Å². The summed E-state index contributed by atoms with van der Waals surface area (Å²) in [7, 11) is 2.15. The highest BCUT2D eigenvalue weighted by Crippen LogP contribution is 2.29. The van der Waals surface area contributed by atoms with E-state index in [0.29, 0.717) is 18.0 Å². The van der Waals surface area contributed by atoms with Crippen molar-refractivity contribution in [3.05, 3.63) is 63.3 Å². The number of rotatable bonds is 3. The van der Waals surface area contributed by atoms with E-state index < -0.39 is 0 Å². The number of aromatic amines is 1. The molecule has 0 unspecified atom stereocenters. The Balaban J connectivity index is 0.000000161. The SMILES string of the molecule is CN1CCc2c([nH]c3ccc(Cl)cc23)C1.O=CNCc1cc(O)cc(Cl)c1. The van der Waals surface area contributed by atoms with Crippen molar-refractivity contribution in [1.82, 2.24) is 15.2 Å². The number of halogens is 2. The number of carbonyl (C=O) groups excluding carboxylic acids is 1. The predicted octanol–water partition coefficient (Wildman–Crippen LogP) is 4.10. The van der Waals surface area contributed by atoms with E-state index in [-0.39, 0.29) is 5.75 Å². The zero-order chi connectivity index (χ0) is 19.4. The van der Waals surface area contributed by atoms with Gasteiger partial charge >= 0.3 is 0 Å². The molecule has 1 aliphatic rings. The van der Waals surface area contributed by atoms with Gasteiger partial charge in [0.15, 0.2) is 0 Å². The van der Waals surface area contributed by atoms with Gasteiger partial charge in [-0.1, -0.05) is 23.2 Å². The third-order valence-corrected chi connectivity index (χ3v) is 4.91. The minimum atomic E-state index is 0.102. The van der Waals surface area contributed by atoms with E-state index in [9.17, 15) is 4.79 Å². The molecule has 0 bridgehead atoms. The lowest BCUT2D eigenvalue weighted by Gasteiger charge is -2.22. The van der Waals surface area contributed by atoms with E-state index in [1.54, 1.807) is 12.1 Å². The van der Waals surface area contributed by atoms with Gasteiger partial charge in [0.05, 0.1) is 0 Å². The van der Waals surface area contributed by atoms with E-state index in [0.717, 1.165) is 30.1 Å². The fourth-order valence-corrected chi connectivity index (χ4v) is 3.67. The van der Waals surface area contributed by atoms with Crippen molar-refractivity contribution in [2.75, 3.05) is 13.6 Å². The lowest BCUT2D eigenvalue weighted by atomic mass is 10.0. The van der Waals surface area contributed by atoms with Gasteiger partial charge in [0, 0.05) is 46.3 Å².